The molecule has 0 saturated heterocycles. The first-order valence-electron chi connectivity index (χ1n) is 4.79. The molecular formula is C10H10Cl2N2O. The number of nitrogens with one attached hydrogen (secondary N) is 1. The highest BCUT2D eigenvalue weighted by Crippen LogP contribution is 2.20. The molecule has 0 spiro atoms. The van der Waals surface area contributed by atoms with E-state index < -0.39 is 0 Å². The van der Waals surface area contributed by atoms with Gasteiger partial charge >= 0.3 is 0 Å². The van der Waals surface area contributed by atoms with Crippen molar-refractivity contribution in [3.8, 4) is 0 Å². The van der Waals surface area contributed by atoms with Crippen LogP contribution in [0.1, 0.15) is 29.6 Å². The van der Waals surface area contributed by atoms with E-state index >= 15 is 0 Å². The molecule has 80 valence electrons. The number of pyridine rings is 1. The lowest BCUT2D eigenvalue weighted by Gasteiger charge is -2.26. The minimum Gasteiger partial charge on any atom is -0.349 e. The quantitative estimate of drug-likeness (QED) is 0.814. The van der Waals surface area contributed by atoms with Crippen molar-refractivity contribution in [1.82, 2.24) is 10.3 Å². The van der Waals surface area contributed by atoms with Crippen LogP contribution >= 0.6 is 23.2 Å². The third kappa shape index (κ3) is 2.61. The topological polar surface area (TPSA) is 42.0 Å². The van der Waals surface area contributed by atoms with E-state index in [1.165, 1.54) is 18.6 Å². The van der Waals surface area contributed by atoms with Crippen molar-refractivity contribution in [2.45, 2.75) is 25.3 Å². The molecule has 0 unspecified atom stereocenters. The van der Waals surface area contributed by atoms with Crippen LogP contribution in [0.4, 0.5) is 0 Å². The smallest absolute Gasteiger partial charge is 0.251 e. The van der Waals surface area contributed by atoms with Crippen LogP contribution in [0, 0.1) is 0 Å². The molecule has 0 bridgehead atoms. The van der Waals surface area contributed by atoms with Gasteiger partial charge in [-0.05, 0) is 31.4 Å². The molecule has 0 aliphatic heterocycles. The molecule has 1 fully saturated rings. The average Bonchev–Trinajstić information content (AvgIpc) is 2.09. The Kier molecular flexibility index (Phi) is 3.12. The lowest BCUT2D eigenvalue weighted by molar-refractivity contribution is 0.0917. The highest BCUT2D eigenvalue weighted by molar-refractivity contribution is 6.33. The van der Waals surface area contributed by atoms with Gasteiger partial charge < -0.3 is 5.32 Å². The summed E-state index contributed by atoms with van der Waals surface area (Å²) in [7, 11) is 0. The van der Waals surface area contributed by atoms with Crippen LogP contribution in [0.5, 0.6) is 0 Å². The number of amides is 1. The molecule has 0 atom stereocenters. The summed E-state index contributed by atoms with van der Waals surface area (Å²) in [5.41, 5.74) is 0.465. The molecule has 1 aromatic rings. The van der Waals surface area contributed by atoms with Crippen molar-refractivity contribution in [2.24, 2.45) is 0 Å². The predicted molar refractivity (Wildman–Crippen MR) is 59.4 cm³/mol. The van der Waals surface area contributed by atoms with Gasteiger partial charge in [-0.3, -0.25) is 4.79 Å². The zero-order valence-electron chi connectivity index (χ0n) is 7.96. The Morgan fingerprint density at radius 2 is 1.93 bits per heavy atom. The second-order valence-corrected chi connectivity index (χ2v) is 4.38. The van der Waals surface area contributed by atoms with Crippen LogP contribution in [0.2, 0.25) is 10.3 Å². The Morgan fingerprint density at radius 1 is 1.33 bits per heavy atom. The van der Waals surface area contributed by atoms with E-state index in [4.69, 9.17) is 23.2 Å². The number of carbonyl (C=O) groups excluding carboxylic acids is 1. The van der Waals surface area contributed by atoms with Gasteiger partial charge in [0.15, 0.2) is 0 Å². The number of aromatic nitrogens is 1. The molecule has 1 amide bonds. The standard InChI is InChI=1S/C10H10Cl2N2O/c11-8-4-6(5-9(12)14-8)10(15)13-7-2-1-3-7/h4-5,7H,1-3H2,(H,13,15). The van der Waals surface area contributed by atoms with Gasteiger partial charge in [-0.1, -0.05) is 23.2 Å². The molecule has 1 aromatic heterocycles. The maximum Gasteiger partial charge on any atom is 0.251 e. The summed E-state index contributed by atoms with van der Waals surface area (Å²) >= 11 is 11.4. The summed E-state index contributed by atoms with van der Waals surface area (Å²) < 4.78 is 0. The maximum atomic E-state index is 11.7. The fourth-order valence-electron chi connectivity index (χ4n) is 1.42. The van der Waals surface area contributed by atoms with E-state index in [0.29, 0.717) is 11.6 Å². The van der Waals surface area contributed by atoms with Gasteiger partial charge in [-0.25, -0.2) is 4.98 Å². The van der Waals surface area contributed by atoms with Gasteiger partial charge in [0, 0.05) is 11.6 Å². The van der Waals surface area contributed by atoms with E-state index in [2.05, 4.69) is 10.3 Å². The first-order valence-corrected chi connectivity index (χ1v) is 5.55. The van der Waals surface area contributed by atoms with Gasteiger partial charge in [0.25, 0.3) is 5.91 Å². The van der Waals surface area contributed by atoms with E-state index in [-0.39, 0.29) is 16.2 Å². The minimum atomic E-state index is -0.133. The minimum absolute atomic E-state index is 0.133. The summed E-state index contributed by atoms with van der Waals surface area (Å²) in [6.07, 6.45) is 3.29. The molecule has 1 aliphatic carbocycles. The normalized spacial score (nSPS) is 15.9. The highest BCUT2D eigenvalue weighted by atomic mass is 35.5. The molecule has 1 N–H and O–H groups in total. The fourth-order valence-corrected chi connectivity index (χ4v) is 1.88. The largest absolute Gasteiger partial charge is 0.349 e. The lowest BCUT2D eigenvalue weighted by Crippen LogP contribution is -2.39. The zero-order valence-corrected chi connectivity index (χ0v) is 9.48. The molecular weight excluding hydrogens is 235 g/mol. The number of hydrogen-bond donors (Lipinski definition) is 1. The second kappa shape index (κ2) is 4.37. The molecule has 2 rings (SSSR count). The Labute approximate surface area is 97.8 Å². The third-order valence-corrected chi connectivity index (χ3v) is 2.85. The summed E-state index contributed by atoms with van der Waals surface area (Å²) in [6, 6.07) is 3.34. The van der Waals surface area contributed by atoms with E-state index in [1.54, 1.807) is 0 Å². The van der Waals surface area contributed by atoms with Gasteiger partial charge in [0.1, 0.15) is 10.3 Å². The summed E-state index contributed by atoms with van der Waals surface area (Å²) in [6.45, 7) is 0. The number of rotatable bonds is 2. The van der Waals surface area contributed by atoms with Crippen LogP contribution < -0.4 is 5.32 Å². The average molecular weight is 245 g/mol. The van der Waals surface area contributed by atoms with Crippen molar-refractivity contribution < 1.29 is 4.79 Å². The van der Waals surface area contributed by atoms with E-state index in [9.17, 15) is 4.79 Å². The van der Waals surface area contributed by atoms with E-state index in [1.807, 2.05) is 0 Å². The SMILES string of the molecule is O=C(NC1CCC1)c1cc(Cl)nc(Cl)c1. The lowest BCUT2D eigenvalue weighted by atomic mass is 9.93. The summed E-state index contributed by atoms with van der Waals surface area (Å²) in [4.78, 5) is 15.5. The zero-order chi connectivity index (χ0) is 10.8. The van der Waals surface area contributed by atoms with Gasteiger partial charge in [0.2, 0.25) is 0 Å². The number of halogens is 2. The Balaban J connectivity index is 2.10. The monoisotopic (exact) mass is 244 g/mol. The molecule has 3 nitrogen and oxygen atoms in total. The predicted octanol–water partition coefficient (Wildman–Crippen LogP) is 2.67. The van der Waals surface area contributed by atoms with Crippen LogP contribution in [-0.4, -0.2) is 16.9 Å². The van der Waals surface area contributed by atoms with Crippen molar-refractivity contribution in [2.75, 3.05) is 0 Å². The molecule has 5 heteroatoms. The van der Waals surface area contributed by atoms with Crippen molar-refractivity contribution in [1.29, 1.82) is 0 Å². The second-order valence-electron chi connectivity index (χ2n) is 3.60. The van der Waals surface area contributed by atoms with Crippen molar-refractivity contribution in [3.63, 3.8) is 0 Å². The summed E-state index contributed by atoms with van der Waals surface area (Å²) in [5, 5.41) is 3.38. The Morgan fingerprint density at radius 3 is 2.40 bits per heavy atom. The summed E-state index contributed by atoms with van der Waals surface area (Å²) in [5.74, 6) is -0.133. The van der Waals surface area contributed by atoms with E-state index in [0.717, 1.165) is 12.8 Å². The van der Waals surface area contributed by atoms with Crippen LogP contribution in [0.25, 0.3) is 0 Å². The first kappa shape index (κ1) is 10.7. The van der Waals surface area contributed by atoms with Crippen LogP contribution in [-0.2, 0) is 0 Å². The van der Waals surface area contributed by atoms with Crippen molar-refractivity contribution in [3.05, 3.63) is 28.0 Å². The van der Waals surface area contributed by atoms with Crippen molar-refractivity contribution >= 4 is 29.1 Å². The molecule has 1 heterocycles. The number of carbonyl (C=O) groups is 1. The van der Waals surface area contributed by atoms with Gasteiger partial charge in [-0.2, -0.15) is 0 Å². The molecule has 15 heavy (non-hydrogen) atoms. The fraction of sp³-hybridized carbons (Fsp3) is 0.400. The molecule has 1 saturated carbocycles. The van der Waals surface area contributed by atoms with Gasteiger partial charge in [-0.15, -0.1) is 0 Å². The molecule has 0 radical (unpaired) electrons. The third-order valence-electron chi connectivity index (χ3n) is 2.47. The number of nitrogens with zero attached hydrogens (tertiary/aromatic N) is 1. The van der Waals surface area contributed by atoms with Crippen LogP contribution in [0.15, 0.2) is 12.1 Å². The molecule has 0 aromatic carbocycles. The Hall–Kier alpha value is -0.800. The van der Waals surface area contributed by atoms with Gasteiger partial charge in [0.05, 0.1) is 0 Å². The Bertz CT molecular complexity index is 371. The first-order chi connectivity index (χ1) is 7.15. The number of hydrogen-bond acceptors (Lipinski definition) is 2. The maximum absolute atomic E-state index is 11.7. The highest BCUT2D eigenvalue weighted by Gasteiger charge is 2.20. The molecule has 1 aliphatic rings. The van der Waals surface area contributed by atoms with Crippen LogP contribution in [0.3, 0.4) is 0 Å².